The van der Waals surface area contributed by atoms with Crippen LogP contribution in [-0.4, -0.2) is 35.7 Å². The van der Waals surface area contributed by atoms with Crippen molar-refractivity contribution in [1.82, 2.24) is 4.90 Å². The quantitative estimate of drug-likeness (QED) is 0.850. The second-order valence-corrected chi connectivity index (χ2v) is 5.09. The fraction of sp³-hybridized carbons (Fsp3) is 0.235. The molecule has 0 bridgehead atoms. The number of halogens is 2. The Morgan fingerprint density at radius 1 is 1.13 bits per heavy atom. The monoisotopic (exact) mass is 323 g/mol. The molecule has 0 aliphatic rings. The van der Waals surface area contributed by atoms with Crippen LogP contribution < -0.4 is 0 Å². The molecular weight excluding hydrogens is 304 g/mol. The van der Waals surface area contributed by atoms with Gasteiger partial charge in [-0.1, -0.05) is 30.3 Å². The van der Waals surface area contributed by atoms with Crippen LogP contribution in [0.5, 0.6) is 0 Å². The molecule has 2 N–H and O–H groups in total. The first kappa shape index (κ1) is 18.7. The van der Waals surface area contributed by atoms with Crippen LogP contribution in [0.4, 0.5) is 8.78 Å². The van der Waals surface area contributed by atoms with Gasteiger partial charge in [0.2, 0.25) is 0 Å². The highest BCUT2D eigenvalue weighted by atomic mass is 19.2. The minimum absolute atomic E-state index is 0.172. The molecule has 4 nitrogen and oxygen atoms in total. The molecule has 0 spiro atoms. The number of nitrogens with zero attached hydrogens (tertiary/aromatic N) is 1. The first-order valence-corrected chi connectivity index (χ1v) is 6.84. The molecule has 2 aromatic rings. The van der Waals surface area contributed by atoms with Crippen molar-refractivity contribution in [3.05, 3.63) is 59.2 Å². The first-order valence-electron chi connectivity index (χ1n) is 6.84. The van der Waals surface area contributed by atoms with E-state index in [0.717, 1.165) is 18.2 Å². The molecule has 0 heterocycles. The highest BCUT2D eigenvalue weighted by molar-refractivity contribution is 5.68. The van der Waals surface area contributed by atoms with Gasteiger partial charge in [0, 0.05) is 12.1 Å². The molecule has 0 radical (unpaired) electrons. The van der Waals surface area contributed by atoms with Crippen LogP contribution in [0.15, 0.2) is 36.4 Å². The maximum absolute atomic E-state index is 13.8. The maximum atomic E-state index is 13.8. The molecule has 0 saturated heterocycles. The van der Waals surface area contributed by atoms with E-state index in [1.807, 2.05) is 31.1 Å². The molecule has 2 rings (SSSR count). The summed E-state index contributed by atoms with van der Waals surface area (Å²) >= 11 is 0. The number of aliphatic hydroxyl groups excluding tert-OH is 1. The highest BCUT2D eigenvalue weighted by Gasteiger charge is 2.13. The van der Waals surface area contributed by atoms with E-state index in [4.69, 9.17) is 9.90 Å². The summed E-state index contributed by atoms with van der Waals surface area (Å²) in [5, 5.41) is 16.4. The number of benzene rings is 2. The minimum Gasteiger partial charge on any atom is -0.483 e. The third-order valence-corrected chi connectivity index (χ3v) is 3.08. The minimum atomic E-state index is -0.887. The Kier molecular flexibility index (Phi) is 7.31. The predicted octanol–water partition coefficient (Wildman–Crippen LogP) is 2.89. The van der Waals surface area contributed by atoms with Crippen molar-refractivity contribution < 1.29 is 23.8 Å². The van der Waals surface area contributed by atoms with Gasteiger partial charge < -0.3 is 15.1 Å². The Morgan fingerprint density at radius 3 is 2.35 bits per heavy atom. The van der Waals surface area contributed by atoms with Crippen LogP contribution in [0, 0.1) is 11.6 Å². The molecule has 0 aliphatic heterocycles. The lowest BCUT2D eigenvalue weighted by atomic mass is 9.97. The topological polar surface area (TPSA) is 60.8 Å². The standard InChI is InChI=1S/C16H17F2NO.CH2O2/c1-19(2)9-11-6-7-13(12(8-11)10-20)14-4-3-5-15(17)16(14)18;2-1-3/h3-8,20H,9-10H2,1-2H3;1H,(H,2,3). The number of hydrogen-bond donors (Lipinski definition) is 2. The average Bonchev–Trinajstić information content (AvgIpc) is 2.50. The molecule has 0 amide bonds. The smallest absolute Gasteiger partial charge is 0.290 e. The van der Waals surface area contributed by atoms with Crippen molar-refractivity contribution in [1.29, 1.82) is 0 Å². The summed E-state index contributed by atoms with van der Waals surface area (Å²) in [7, 11) is 3.89. The van der Waals surface area contributed by atoms with Crippen molar-refractivity contribution >= 4 is 6.47 Å². The lowest BCUT2D eigenvalue weighted by Crippen LogP contribution is -2.11. The molecular formula is C17H19F2NO3. The molecule has 0 unspecified atom stereocenters. The van der Waals surface area contributed by atoms with Crippen LogP contribution in [0.3, 0.4) is 0 Å². The molecule has 0 saturated carbocycles. The number of rotatable bonds is 4. The fourth-order valence-electron chi connectivity index (χ4n) is 2.22. The van der Waals surface area contributed by atoms with Gasteiger partial charge in [-0.25, -0.2) is 8.78 Å². The van der Waals surface area contributed by atoms with Crippen LogP contribution in [0.1, 0.15) is 11.1 Å². The van der Waals surface area contributed by atoms with Gasteiger partial charge >= 0.3 is 0 Å². The van der Waals surface area contributed by atoms with E-state index in [0.29, 0.717) is 11.1 Å². The molecule has 0 fully saturated rings. The number of carbonyl (C=O) groups is 1. The molecule has 23 heavy (non-hydrogen) atoms. The Morgan fingerprint density at radius 2 is 1.78 bits per heavy atom. The molecule has 124 valence electrons. The van der Waals surface area contributed by atoms with Gasteiger partial charge in [0.15, 0.2) is 11.6 Å². The zero-order chi connectivity index (χ0) is 17.4. The van der Waals surface area contributed by atoms with Crippen LogP contribution in [-0.2, 0) is 17.9 Å². The Labute approximate surface area is 133 Å². The first-order chi connectivity index (χ1) is 10.9. The number of carboxylic acid groups (broad SMARTS) is 1. The summed E-state index contributed by atoms with van der Waals surface area (Å²) in [4.78, 5) is 10.4. The van der Waals surface area contributed by atoms with Gasteiger partial charge in [0.05, 0.1) is 6.61 Å². The van der Waals surface area contributed by atoms with Crippen molar-refractivity contribution in [3.63, 3.8) is 0 Å². The van der Waals surface area contributed by atoms with Gasteiger partial charge in [0.1, 0.15) is 0 Å². The second-order valence-electron chi connectivity index (χ2n) is 5.09. The zero-order valence-electron chi connectivity index (χ0n) is 13.0. The van der Waals surface area contributed by atoms with E-state index >= 15 is 0 Å². The van der Waals surface area contributed by atoms with E-state index in [1.54, 1.807) is 6.07 Å². The van der Waals surface area contributed by atoms with Crippen molar-refractivity contribution in [2.24, 2.45) is 0 Å². The van der Waals surface area contributed by atoms with Crippen LogP contribution in [0.2, 0.25) is 0 Å². The summed E-state index contributed by atoms with van der Waals surface area (Å²) in [6.45, 7) is 0.255. The second kappa shape index (κ2) is 8.97. The SMILES string of the molecule is CN(C)Cc1ccc(-c2cccc(F)c2F)c(CO)c1.O=CO. The van der Waals surface area contributed by atoms with E-state index < -0.39 is 11.6 Å². The summed E-state index contributed by atoms with van der Waals surface area (Å²) in [6, 6.07) is 9.46. The Bertz CT molecular complexity index is 660. The van der Waals surface area contributed by atoms with Crippen molar-refractivity contribution in [3.8, 4) is 11.1 Å². The number of hydrogen-bond acceptors (Lipinski definition) is 3. The summed E-state index contributed by atoms with van der Waals surface area (Å²) < 4.78 is 27.2. The van der Waals surface area contributed by atoms with E-state index in [1.165, 1.54) is 12.1 Å². The zero-order valence-corrected chi connectivity index (χ0v) is 13.0. The lowest BCUT2D eigenvalue weighted by Gasteiger charge is -2.14. The lowest BCUT2D eigenvalue weighted by molar-refractivity contribution is -0.122. The summed E-state index contributed by atoms with van der Waals surface area (Å²) in [5.74, 6) is -1.77. The maximum Gasteiger partial charge on any atom is 0.290 e. The molecule has 0 atom stereocenters. The Balaban J connectivity index is 0.000000816. The average molecular weight is 323 g/mol. The number of aliphatic hydroxyl groups is 1. The predicted molar refractivity (Wildman–Crippen MR) is 83.8 cm³/mol. The molecule has 6 heteroatoms. The van der Waals surface area contributed by atoms with Crippen LogP contribution >= 0.6 is 0 Å². The van der Waals surface area contributed by atoms with Gasteiger partial charge in [0.25, 0.3) is 6.47 Å². The van der Waals surface area contributed by atoms with Crippen LogP contribution in [0.25, 0.3) is 11.1 Å². The third kappa shape index (κ3) is 5.12. The summed E-state index contributed by atoms with van der Waals surface area (Å²) in [5.41, 5.74) is 2.30. The Hall–Kier alpha value is -2.31. The van der Waals surface area contributed by atoms with E-state index in [9.17, 15) is 13.9 Å². The van der Waals surface area contributed by atoms with Gasteiger partial charge in [-0.3, -0.25) is 4.79 Å². The molecule has 0 aliphatic carbocycles. The highest BCUT2D eigenvalue weighted by Crippen LogP contribution is 2.28. The van der Waals surface area contributed by atoms with Crippen molar-refractivity contribution in [2.75, 3.05) is 14.1 Å². The normalized spacial score (nSPS) is 10.2. The van der Waals surface area contributed by atoms with Crippen molar-refractivity contribution in [2.45, 2.75) is 13.2 Å². The molecule has 2 aromatic carbocycles. The van der Waals surface area contributed by atoms with E-state index in [-0.39, 0.29) is 18.6 Å². The fourth-order valence-corrected chi connectivity index (χ4v) is 2.22. The van der Waals surface area contributed by atoms with Gasteiger partial charge in [-0.2, -0.15) is 0 Å². The van der Waals surface area contributed by atoms with E-state index in [2.05, 4.69) is 0 Å². The third-order valence-electron chi connectivity index (χ3n) is 3.08. The largest absolute Gasteiger partial charge is 0.483 e. The van der Waals surface area contributed by atoms with Gasteiger partial charge in [-0.05, 0) is 36.9 Å². The molecule has 0 aromatic heterocycles. The van der Waals surface area contributed by atoms with Gasteiger partial charge in [-0.15, -0.1) is 0 Å². The summed E-state index contributed by atoms with van der Waals surface area (Å²) in [6.07, 6.45) is 0.